The van der Waals surface area contributed by atoms with Gasteiger partial charge in [0.15, 0.2) is 0 Å². The number of fused-ring (bicyclic) bond motifs is 18. The van der Waals surface area contributed by atoms with Crippen LogP contribution in [0.25, 0.3) is 94.3 Å². The van der Waals surface area contributed by atoms with E-state index in [1.807, 2.05) is 0 Å². The molecule has 90 heavy (non-hydrogen) atoms. The van der Waals surface area contributed by atoms with Crippen molar-refractivity contribution in [2.75, 3.05) is 4.90 Å². The zero-order valence-electron chi connectivity index (χ0n) is 52.6. The number of benzene rings is 12. The summed E-state index contributed by atoms with van der Waals surface area (Å²) in [7, 11) is 0. The lowest BCUT2D eigenvalue weighted by Crippen LogP contribution is -2.33. The van der Waals surface area contributed by atoms with Crippen LogP contribution in [0.3, 0.4) is 0 Å². The third-order valence-electron chi connectivity index (χ3n) is 21.6. The molecule has 1 spiro atoms. The van der Waals surface area contributed by atoms with Gasteiger partial charge in [-0.25, -0.2) is 0 Å². The number of aryl methyl sites for hydroxylation is 2. The molecule has 2 heteroatoms. The fourth-order valence-electron chi connectivity index (χ4n) is 17.2. The normalized spacial score (nSPS) is 15.5. The summed E-state index contributed by atoms with van der Waals surface area (Å²) in [5.74, 6) is 0. The lowest BCUT2D eigenvalue weighted by atomic mass is 9.64. The Kier molecular flexibility index (Phi) is 12.5. The van der Waals surface area contributed by atoms with Crippen LogP contribution in [-0.2, 0) is 16.2 Å². The Morgan fingerprint density at radius 3 is 1.63 bits per heavy atom. The molecule has 4 aliphatic rings. The fraction of sp³-hybridized carbons (Fsp3) is 0.182. The summed E-state index contributed by atoms with van der Waals surface area (Å²) in [4.78, 5) is 2.48. The van der Waals surface area contributed by atoms with Crippen LogP contribution < -0.4 is 4.90 Å². The molecular weight excluding hydrogens is 1080 g/mol. The summed E-state index contributed by atoms with van der Waals surface area (Å²) < 4.78 is 2.62. The molecule has 17 rings (SSSR count). The maximum absolute atomic E-state index is 2.62. The second-order valence-corrected chi connectivity index (χ2v) is 27.2. The first-order chi connectivity index (χ1) is 44.0. The van der Waals surface area contributed by atoms with E-state index >= 15 is 0 Å². The monoisotopic (exact) mass is 1160 g/mol. The smallest absolute Gasteiger partial charge is 0.0754 e. The Morgan fingerprint density at radius 1 is 0.344 bits per heavy atom. The molecule has 12 aromatic carbocycles. The van der Waals surface area contributed by atoms with Crippen molar-refractivity contribution in [2.45, 2.75) is 103 Å². The van der Waals surface area contributed by atoms with Crippen molar-refractivity contribution in [3.05, 3.63) is 310 Å². The van der Waals surface area contributed by atoms with Gasteiger partial charge < -0.3 is 9.47 Å². The van der Waals surface area contributed by atoms with Crippen molar-refractivity contribution >= 4 is 38.9 Å². The van der Waals surface area contributed by atoms with Crippen molar-refractivity contribution in [1.82, 2.24) is 4.57 Å². The number of hydrogen-bond acceptors (Lipinski definition) is 1. The van der Waals surface area contributed by atoms with Gasteiger partial charge in [-0.2, -0.15) is 0 Å². The Morgan fingerprint density at radius 2 is 0.878 bits per heavy atom. The van der Waals surface area contributed by atoms with E-state index in [9.17, 15) is 0 Å². The minimum absolute atomic E-state index is 0.0853. The summed E-state index contributed by atoms with van der Waals surface area (Å²) in [5, 5.41) is 2.60. The number of rotatable bonds is 13. The topological polar surface area (TPSA) is 8.17 Å². The van der Waals surface area contributed by atoms with Gasteiger partial charge in [-0.15, -0.1) is 0 Å². The third-order valence-corrected chi connectivity index (χ3v) is 21.6. The fourth-order valence-corrected chi connectivity index (χ4v) is 17.2. The summed E-state index contributed by atoms with van der Waals surface area (Å²) in [5.41, 5.74) is 35.2. The summed E-state index contributed by atoms with van der Waals surface area (Å²) in [6, 6.07) is 98.3. The molecule has 0 amide bonds. The van der Waals surface area contributed by atoms with E-state index in [0.717, 1.165) is 23.5 Å². The molecule has 3 aliphatic carbocycles. The molecule has 2 nitrogen and oxygen atoms in total. The minimum atomic E-state index is -0.637. The van der Waals surface area contributed by atoms with Crippen LogP contribution in [0.5, 0.6) is 0 Å². The van der Waals surface area contributed by atoms with E-state index in [4.69, 9.17) is 0 Å². The molecule has 0 saturated carbocycles. The number of aromatic nitrogens is 1. The molecule has 13 aromatic rings. The van der Waals surface area contributed by atoms with Crippen LogP contribution in [0.15, 0.2) is 255 Å². The molecular formula is C88H74N2. The van der Waals surface area contributed by atoms with Crippen LogP contribution >= 0.6 is 0 Å². The number of anilines is 3. The number of hydrogen-bond donors (Lipinski definition) is 0. The first kappa shape index (κ1) is 54.4. The Balaban J connectivity index is 0.850. The summed E-state index contributed by atoms with van der Waals surface area (Å²) in [6.07, 6.45) is 8.89. The van der Waals surface area contributed by atoms with Gasteiger partial charge in [-0.3, -0.25) is 0 Å². The van der Waals surface area contributed by atoms with Crippen LogP contribution in [-0.4, -0.2) is 4.57 Å². The molecule has 1 aromatic heterocycles. The first-order valence-electron chi connectivity index (χ1n) is 33.0. The van der Waals surface area contributed by atoms with Crippen LogP contribution in [0.2, 0.25) is 0 Å². The molecule has 0 fully saturated rings. The van der Waals surface area contributed by atoms with E-state index in [-0.39, 0.29) is 10.8 Å². The van der Waals surface area contributed by atoms with Crippen LogP contribution in [0, 0.1) is 13.8 Å². The molecule has 2 heterocycles. The third kappa shape index (κ3) is 7.95. The summed E-state index contributed by atoms with van der Waals surface area (Å²) in [6.45, 7) is 14.1. The van der Waals surface area contributed by atoms with Crippen molar-refractivity contribution in [3.8, 4) is 72.4 Å². The van der Waals surface area contributed by atoms with E-state index in [2.05, 4.69) is 306 Å². The number of para-hydroxylation sites is 1. The highest BCUT2D eigenvalue weighted by Gasteiger charge is 2.51. The van der Waals surface area contributed by atoms with Crippen molar-refractivity contribution in [3.63, 3.8) is 0 Å². The molecule has 0 N–H and O–H groups in total. The molecule has 436 valence electrons. The quantitative estimate of drug-likeness (QED) is 0.104. The lowest BCUT2D eigenvalue weighted by Gasteiger charge is -2.40. The van der Waals surface area contributed by atoms with Gasteiger partial charge in [0.2, 0.25) is 0 Å². The molecule has 0 radical (unpaired) electrons. The highest BCUT2D eigenvalue weighted by atomic mass is 15.1. The largest absolute Gasteiger partial charge is 0.310 e. The average Bonchev–Trinajstić information content (AvgIpc) is 1.47. The van der Waals surface area contributed by atoms with Crippen LogP contribution in [0.4, 0.5) is 17.1 Å². The van der Waals surface area contributed by atoms with Gasteiger partial charge in [0, 0.05) is 38.5 Å². The number of unbranched alkanes of at least 4 members (excludes halogenated alkanes) is 5. The van der Waals surface area contributed by atoms with Gasteiger partial charge in [-0.05, 0) is 199 Å². The van der Waals surface area contributed by atoms with Gasteiger partial charge in [0.25, 0.3) is 0 Å². The van der Waals surface area contributed by atoms with Crippen molar-refractivity contribution in [2.24, 2.45) is 0 Å². The van der Waals surface area contributed by atoms with E-state index in [0.29, 0.717) is 0 Å². The van der Waals surface area contributed by atoms with Gasteiger partial charge in [-0.1, -0.05) is 259 Å². The SMILES string of the molecule is CCCCCCCCC1(C)c2cc(C)ccc2-c2ccc(-c3cc4c5c(c3)c3cc(C)ccc3n5-c3ccc(-c5ccc(N(c6ccc7c(c6)C(C)(C)c6ccccc6-7)c6ccccc6-c6ccccc6)cc5)cc3C43c4ccccc4-c4ccccc43)cc21. The second kappa shape index (κ2) is 20.7. The lowest BCUT2D eigenvalue weighted by molar-refractivity contribution is 0.480. The highest BCUT2D eigenvalue weighted by Crippen LogP contribution is 2.63. The number of nitrogens with zero attached hydrogens (tertiary/aromatic N) is 2. The Labute approximate surface area is 530 Å². The zero-order valence-corrected chi connectivity index (χ0v) is 52.6. The average molecular weight is 1160 g/mol. The maximum Gasteiger partial charge on any atom is 0.0754 e. The predicted octanol–water partition coefficient (Wildman–Crippen LogP) is 23.9. The minimum Gasteiger partial charge on any atom is -0.310 e. The van der Waals surface area contributed by atoms with Crippen LogP contribution in [0.1, 0.15) is 128 Å². The zero-order chi connectivity index (χ0) is 60.6. The first-order valence-corrected chi connectivity index (χ1v) is 33.0. The highest BCUT2D eigenvalue weighted by molar-refractivity contribution is 6.14. The van der Waals surface area contributed by atoms with Gasteiger partial charge >= 0.3 is 0 Å². The van der Waals surface area contributed by atoms with E-state index < -0.39 is 5.41 Å². The Bertz CT molecular complexity index is 5020. The van der Waals surface area contributed by atoms with Gasteiger partial charge in [0.05, 0.1) is 27.8 Å². The molecule has 0 saturated heterocycles. The second-order valence-electron chi connectivity index (χ2n) is 27.2. The van der Waals surface area contributed by atoms with E-state index in [1.165, 1.54) is 188 Å². The molecule has 0 bridgehead atoms. The Hall–Kier alpha value is -9.76. The standard InChI is InChI=1S/C88H74N2/c1-7-8-9-10-11-23-48-87(6)78-50-57(3)34-43-70(78)71-44-38-61(52-79(71)87)62-51-73-72-49-56(2)35-46-83(72)90-84-47-39-60(53-80(84)88(81(54-62)85(73)90)75-31-20-16-28-67(75)68-29-17-21-32-76(68)88)58-36-40-63(41-37-58)89(82-33-22-18-26-65(82)59-24-13-12-14-25-59)64-42-45-69-66-27-15-19-30-74(66)86(4,5)77(69)55-64/h12-22,24-47,49-55H,7-11,23,48H2,1-6H3. The molecule has 1 atom stereocenters. The molecule has 1 aliphatic heterocycles. The van der Waals surface area contributed by atoms with Crippen molar-refractivity contribution in [1.29, 1.82) is 0 Å². The maximum atomic E-state index is 2.62. The molecule has 1 unspecified atom stereocenters. The van der Waals surface area contributed by atoms with Crippen molar-refractivity contribution < 1.29 is 0 Å². The van der Waals surface area contributed by atoms with E-state index in [1.54, 1.807) is 0 Å². The summed E-state index contributed by atoms with van der Waals surface area (Å²) >= 11 is 0. The predicted molar refractivity (Wildman–Crippen MR) is 380 cm³/mol. The van der Waals surface area contributed by atoms with Gasteiger partial charge in [0.1, 0.15) is 0 Å².